The lowest BCUT2D eigenvalue weighted by atomic mass is 9.60. The molecule has 1 saturated heterocycles. The van der Waals surface area contributed by atoms with Crippen molar-refractivity contribution in [1.29, 1.82) is 5.26 Å². The fourth-order valence-electron chi connectivity index (χ4n) is 3.65. The molecule has 25 heavy (non-hydrogen) atoms. The monoisotopic (exact) mass is 338 g/mol. The minimum atomic E-state index is 0.113. The van der Waals surface area contributed by atoms with Gasteiger partial charge >= 0.3 is 0 Å². The van der Waals surface area contributed by atoms with E-state index in [9.17, 15) is 5.26 Å². The second-order valence-corrected chi connectivity index (χ2v) is 8.11. The molecule has 0 radical (unpaired) electrons. The summed E-state index contributed by atoms with van der Waals surface area (Å²) in [5.41, 5.74) is 2.61. The van der Waals surface area contributed by atoms with E-state index in [1.54, 1.807) is 0 Å². The first kappa shape index (κ1) is 19.5. The second kappa shape index (κ2) is 8.52. The van der Waals surface area contributed by atoms with Crippen LogP contribution in [-0.4, -0.2) is 29.7 Å². The van der Waals surface area contributed by atoms with Crippen molar-refractivity contribution in [3.8, 4) is 17.9 Å². The molecule has 0 atom stereocenters. The molecule has 3 nitrogen and oxygen atoms in total. The second-order valence-electron chi connectivity index (χ2n) is 8.11. The number of aliphatic hydroxyl groups is 1. The minimum absolute atomic E-state index is 0.113. The summed E-state index contributed by atoms with van der Waals surface area (Å²) in [5.74, 6) is 6.01. The number of nitrogens with zero attached hydrogens (tertiary/aromatic N) is 2. The summed E-state index contributed by atoms with van der Waals surface area (Å²) in [6.45, 7) is 10.00. The molecule has 1 heterocycles. The molecule has 1 N–H and O–H groups in total. The van der Waals surface area contributed by atoms with Crippen molar-refractivity contribution in [3.05, 3.63) is 35.4 Å². The molecule has 0 saturated carbocycles. The first-order valence-electron chi connectivity index (χ1n) is 9.18. The van der Waals surface area contributed by atoms with Crippen LogP contribution in [-0.2, 0) is 6.54 Å². The van der Waals surface area contributed by atoms with Gasteiger partial charge in [-0.25, -0.2) is 0 Å². The van der Waals surface area contributed by atoms with E-state index in [1.165, 1.54) is 5.56 Å². The molecule has 0 unspecified atom stereocenters. The third-order valence-corrected chi connectivity index (χ3v) is 5.65. The lowest BCUT2D eigenvalue weighted by Gasteiger charge is -2.49. The zero-order valence-corrected chi connectivity index (χ0v) is 15.8. The first-order chi connectivity index (χ1) is 11.9. The quantitative estimate of drug-likeness (QED) is 0.845. The Kier molecular flexibility index (Phi) is 6.65. The number of piperidine rings is 1. The first-order valence-corrected chi connectivity index (χ1v) is 9.18. The van der Waals surface area contributed by atoms with E-state index in [2.05, 4.69) is 67.8 Å². The maximum atomic E-state index is 9.26. The number of rotatable bonds is 4. The molecule has 0 aromatic heterocycles. The standard InChI is InChI=1S/C22H30N2O/c1-21(2,3)22(11-14-23)12-15-24(16-13-22)18-20-9-7-19(8-10-20)6-4-5-17-25/h7-10,25H,5,11-13,15-18H2,1-3H3. The van der Waals surface area contributed by atoms with Gasteiger partial charge in [-0.05, 0) is 54.5 Å². The highest BCUT2D eigenvalue weighted by Gasteiger charge is 2.43. The maximum Gasteiger partial charge on any atom is 0.0627 e. The van der Waals surface area contributed by atoms with Crippen LogP contribution in [0.15, 0.2) is 24.3 Å². The van der Waals surface area contributed by atoms with Crippen molar-refractivity contribution >= 4 is 0 Å². The number of aliphatic hydroxyl groups excluding tert-OH is 1. The maximum absolute atomic E-state index is 9.26. The number of likely N-dealkylation sites (tertiary alicyclic amines) is 1. The van der Waals surface area contributed by atoms with Gasteiger partial charge in [0.15, 0.2) is 0 Å². The molecule has 3 heteroatoms. The van der Waals surface area contributed by atoms with Crippen LogP contribution in [0.25, 0.3) is 0 Å². The average Bonchev–Trinajstić information content (AvgIpc) is 2.58. The van der Waals surface area contributed by atoms with Crippen molar-refractivity contribution in [3.63, 3.8) is 0 Å². The van der Waals surface area contributed by atoms with Crippen LogP contribution >= 0.6 is 0 Å². The Morgan fingerprint density at radius 2 is 1.80 bits per heavy atom. The molecular formula is C22H30N2O. The molecule has 1 aromatic rings. The number of hydrogen-bond donors (Lipinski definition) is 1. The van der Waals surface area contributed by atoms with Crippen molar-refractivity contribution in [2.45, 2.75) is 53.0 Å². The fraction of sp³-hybridized carbons (Fsp3) is 0.591. The summed E-state index contributed by atoms with van der Waals surface area (Å²) < 4.78 is 0. The van der Waals surface area contributed by atoms with E-state index in [-0.39, 0.29) is 17.4 Å². The number of benzene rings is 1. The van der Waals surface area contributed by atoms with Gasteiger partial charge in [-0.1, -0.05) is 44.7 Å². The summed E-state index contributed by atoms with van der Waals surface area (Å²) in [4.78, 5) is 2.49. The van der Waals surface area contributed by atoms with Gasteiger partial charge in [-0.15, -0.1) is 0 Å². The van der Waals surface area contributed by atoms with Crippen LogP contribution in [0.2, 0.25) is 0 Å². The molecule has 1 aliphatic rings. The van der Waals surface area contributed by atoms with Crippen LogP contribution in [0.4, 0.5) is 0 Å². The highest BCUT2D eigenvalue weighted by atomic mass is 16.2. The third kappa shape index (κ3) is 5.08. The van der Waals surface area contributed by atoms with Crippen molar-refractivity contribution in [2.75, 3.05) is 19.7 Å². The Hall–Kier alpha value is -1.81. The SMILES string of the molecule is CC(C)(C)C1(CC#N)CCN(Cc2ccc(C#CCCO)cc2)CC1. The van der Waals surface area contributed by atoms with E-state index in [0.29, 0.717) is 12.8 Å². The molecular weight excluding hydrogens is 308 g/mol. The van der Waals surface area contributed by atoms with Gasteiger partial charge in [0, 0.05) is 24.9 Å². The van der Waals surface area contributed by atoms with E-state index in [4.69, 9.17) is 5.11 Å². The largest absolute Gasteiger partial charge is 0.395 e. The fourth-order valence-corrected chi connectivity index (χ4v) is 3.65. The Labute approximate surface area is 152 Å². The molecule has 2 rings (SSSR count). The summed E-state index contributed by atoms with van der Waals surface area (Å²) in [7, 11) is 0. The lowest BCUT2D eigenvalue weighted by molar-refractivity contribution is 0.00711. The topological polar surface area (TPSA) is 47.3 Å². The Morgan fingerprint density at radius 1 is 1.16 bits per heavy atom. The molecule has 0 bridgehead atoms. The van der Waals surface area contributed by atoms with Crippen LogP contribution in [0, 0.1) is 34.0 Å². The van der Waals surface area contributed by atoms with Gasteiger partial charge in [0.25, 0.3) is 0 Å². The van der Waals surface area contributed by atoms with Crippen LogP contribution < -0.4 is 0 Å². The lowest BCUT2D eigenvalue weighted by Crippen LogP contribution is -2.46. The molecule has 1 aromatic carbocycles. The average molecular weight is 338 g/mol. The van der Waals surface area contributed by atoms with Gasteiger partial charge in [0.2, 0.25) is 0 Å². The van der Waals surface area contributed by atoms with Crippen molar-refractivity contribution in [1.82, 2.24) is 4.90 Å². The third-order valence-electron chi connectivity index (χ3n) is 5.65. The van der Waals surface area contributed by atoms with Crippen LogP contribution in [0.3, 0.4) is 0 Å². The predicted octanol–water partition coefficient (Wildman–Crippen LogP) is 3.96. The van der Waals surface area contributed by atoms with Gasteiger partial charge in [0.05, 0.1) is 12.7 Å². The summed E-state index contributed by atoms with van der Waals surface area (Å²) in [6.07, 6.45) is 3.36. The normalized spacial score (nSPS) is 17.4. The Bertz CT molecular complexity index is 644. The zero-order valence-electron chi connectivity index (χ0n) is 15.8. The predicted molar refractivity (Wildman–Crippen MR) is 102 cm³/mol. The van der Waals surface area contributed by atoms with Crippen LogP contribution in [0.1, 0.15) is 57.6 Å². The molecule has 0 amide bonds. The summed E-state index contributed by atoms with van der Waals surface area (Å²) in [5, 5.41) is 18.0. The Morgan fingerprint density at radius 3 is 2.32 bits per heavy atom. The molecule has 0 aliphatic carbocycles. The van der Waals surface area contributed by atoms with Crippen molar-refractivity contribution < 1.29 is 5.11 Å². The van der Waals surface area contributed by atoms with Gasteiger partial charge in [-0.3, -0.25) is 4.90 Å². The zero-order chi connectivity index (χ0) is 18.3. The van der Waals surface area contributed by atoms with Gasteiger partial charge < -0.3 is 5.11 Å². The van der Waals surface area contributed by atoms with Gasteiger partial charge in [-0.2, -0.15) is 5.26 Å². The summed E-state index contributed by atoms with van der Waals surface area (Å²) >= 11 is 0. The smallest absolute Gasteiger partial charge is 0.0627 e. The Balaban J connectivity index is 1.94. The molecule has 1 aliphatic heterocycles. The van der Waals surface area contributed by atoms with E-state index < -0.39 is 0 Å². The van der Waals surface area contributed by atoms with E-state index in [0.717, 1.165) is 38.0 Å². The number of nitriles is 1. The highest BCUT2D eigenvalue weighted by Crippen LogP contribution is 2.49. The number of hydrogen-bond acceptors (Lipinski definition) is 3. The van der Waals surface area contributed by atoms with Crippen LogP contribution in [0.5, 0.6) is 0 Å². The highest BCUT2D eigenvalue weighted by molar-refractivity contribution is 5.36. The van der Waals surface area contributed by atoms with E-state index in [1.807, 2.05) is 0 Å². The summed E-state index contributed by atoms with van der Waals surface area (Å²) in [6, 6.07) is 10.8. The minimum Gasteiger partial charge on any atom is -0.395 e. The van der Waals surface area contributed by atoms with Gasteiger partial charge in [0.1, 0.15) is 0 Å². The molecule has 0 spiro atoms. The van der Waals surface area contributed by atoms with Crippen molar-refractivity contribution in [2.24, 2.45) is 10.8 Å². The molecule has 134 valence electrons. The molecule has 1 fully saturated rings. The van der Waals surface area contributed by atoms with E-state index >= 15 is 0 Å².